The minimum atomic E-state index is -0.0175. The molecule has 2 heterocycles. The van der Waals surface area contributed by atoms with Crippen molar-refractivity contribution in [1.82, 2.24) is 20.4 Å². The van der Waals surface area contributed by atoms with Crippen LogP contribution in [0.5, 0.6) is 0 Å². The molecule has 0 aromatic carbocycles. The summed E-state index contributed by atoms with van der Waals surface area (Å²) in [4.78, 5) is 17.9. The van der Waals surface area contributed by atoms with Gasteiger partial charge in [0, 0.05) is 37.1 Å². The molecule has 1 fully saturated rings. The second kappa shape index (κ2) is 12.3. The number of morpholine rings is 1. The number of rotatable bonds is 10. The van der Waals surface area contributed by atoms with Gasteiger partial charge >= 0.3 is 0 Å². The standard InChI is InChI=1S/C19H32N4O2S2/c1-3-16(2)21-18(24)14-20-19(26)23(15-17-6-4-13-27-17)8-5-7-22-9-11-25-12-10-22/h4,6,13,16H,3,5,7-12,14-15H2,1-2H3,(H,20,26)(H,21,24)/t16-/m0/s1. The van der Waals surface area contributed by atoms with E-state index in [0.717, 1.165) is 58.8 Å². The average molecular weight is 413 g/mol. The molecule has 8 heteroatoms. The summed E-state index contributed by atoms with van der Waals surface area (Å²) in [6.45, 7) is 10.6. The Hall–Kier alpha value is -1.22. The summed E-state index contributed by atoms with van der Waals surface area (Å²) in [6, 6.07) is 4.36. The van der Waals surface area contributed by atoms with Crippen molar-refractivity contribution < 1.29 is 9.53 Å². The van der Waals surface area contributed by atoms with E-state index in [0.29, 0.717) is 5.11 Å². The van der Waals surface area contributed by atoms with Gasteiger partial charge in [0.25, 0.3) is 0 Å². The number of nitrogens with zero attached hydrogens (tertiary/aromatic N) is 2. The minimum absolute atomic E-state index is 0.0175. The third-order valence-corrected chi connectivity index (χ3v) is 5.90. The van der Waals surface area contributed by atoms with E-state index >= 15 is 0 Å². The van der Waals surface area contributed by atoms with Crippen LogP contribution in [0.15, 0.2) is 17.5 Å². The molecule has 1 amide bonds. The number of hydrogen-bond donors (Lipinski definition) is 2. The Bertz CT molecular complexity index is 562. The molecule has 6 nitrogen and oxygen atoms in total. The predicted molar refractivity (Wildman–Crippen MR) is 115 cm³/mol. The van der Waals surface area contributed by atoms with Gasteiger partial charge in [-0.05, 0) is 43.4 Å². The van der Waals surface area contributed by atoms with E-state index in [1.165, 1.54) is 4.88 Å². The highest BCUT2D eigenvalue weighted by atomic mass is 32.1. The van der Waals surface area contributed by atoms with Crippen molar-refractivity contribution in [2.75, 3.05) is 45.9 Å². The Morgan fingerprint density at radius 1 is 1.44 bits per heavy atom. The van der Waals surface area contributed by atoms with E-state index in [1.54, 1.807) is 11.3 Å². The van der Waals surface area contributed by atoms with Gasteiger partial charge in [-0.2, -0.15) is 0 Å². The molecule has 0 unspecified atom stereocenters. The first kappa shape index (κ1) is 22.1. The summed E-state index contributed by atoms with van der Waals surface area (Å²) in [5.74, 6) is -0.0175. The lowest BCUT2D eigenvalue weighted by Gasteiger charge is -2.29. The van der Waals surface area contributed by atoms with Crippen LogP contribution < -0.4 is 10.6 Å². The van der Waals surface area contributed by atoms with Gasteiger partial charge in [0.05, 0.1) is 26.3 Å². The predicted octanol–water partition coefficient (Wildman–Crippen LogP) is 2.06. The molecule has 1 atom stereocenters. The van der Waals surface area contributed by atoms with Gasteiger partial charge in [0.15, 0.2) is 5.11 Å². The fourth-order valence-corrected chi connectivity index (χ4v) is 3.80. The summed E-state index contributed by atoms with van der Waals surface area (Å²) in [6.07, 6.45) is 1.95. The van der Waals surface area contributed by atoms with Crippen molar-refractivity contribution in [3.63, 3.8) is 0 Å². The van der Waals surface area contributed by atoms with Crippen molar-refractivity contribution in [3.8, 4) is 0 Å². The van der Waals surface area contributed by atoms with Crippen LogP contribution in [0.25, 0.3) is 0 Å². The number of carbonyl (C=O) groups excluding carboxylic acids is 1. The normalized spacial score (nSPS) is 15.9. The van der Waals surface area contributed by atoms with Crippen LogP contribution in [-0.2, 0) is 16.1 Å². The van der Waals surface area contributed by atoms with Gasteiger partial charge in [-0.15, -0.1) is 11.3 Å². The van der Waals surface area contributed by atoms with E-state index < -0.39 is 0 Å². The third kappa shape index (κ3) is 8.55. The highest BCUT2D eigenvalue weighted by Crippen LogP contribution is 2.12. The Labute approximate surface area is 172 Å². The molecule has 2 rings (SSSR count). The SMILES string of the molecule is CC[C@H](C)NC(=O)CNC(=S)N(CCCN1CCOCC1)Cc1cccs1. The number of thiophene rings is 1. The van der Waals surface area contributed by atoms with Gasteiger partial charge in [-0.25, -0.2) is 0 Å². The Balaban J connectivity index is 1.80. The molecule has 1 aliphatic heterocycles. The maximum Gasteiger partial charge on any atom is 0.239 e. The molecular formula is C19H32N4O2S2. The van der Waals surface area contributed by atoms with Crippen LogP contribution >= 0.6 is 23.6 Å². The smallest absolute Gasteiger partial charge is 0.239 e. The monoisotopic (exact) mass is 412 g/mol. The van der Waals surface area contributed by atoms with E-state index in [-0.39, 0.29) is 18.5 Å². The number of hydrogen-bond acceptors (Lipinski definition) is 5. The molecule has 0 spiro atoms. The van der Waals surface area contributed by atoms with Crippen LogP contribution in [0.1, 0.15) is 31.6 Å². The maximum atomic E-state index is 12.0. The lowest BCUT2D eigenvalue weighted by molar-refractivity contribution is -0.120. The van der Waals surface area contributed by atoms with Crippen molar-refractivity contribution >= 4 is 34.6 Å². The second-order valence-electron chi connectivity index (χ2n) is 6.84. The molecule has 152 valence electrons. The van der Waals surface area contributed by atoms with Crippen LogP contribution in [-0.4, -0.2) is 72.8 Å². The Morgan fingerprint density at radius 2 is 2.22 bits per heavy atom. The Morgan fingerprint density at radius 3 is 2.89 bits per heavy atom. The molecule has 0 radical (unpaired) electrons. The fourth-order valence-electron chi connectivity index (χ4n) is 2.85. The zero-order chi connectivity index (χ0) is 19.5. The zero-order valence-corrected chi connectivity index (χ0v) is 18.0. The van der Waals surface area contributed by atoms with Gasteiger partial charge in [-0.1, -0.05) is 13.0 Å². The quantitative estimate of drug-likeness (QED) is 0.574. The second-order valence-corrected chi connectivity index (χ2v) is 8.26. The molecule has 0 saturated carbocycles. The van der Waals surface area contributed by atoms with Crippen LogP contribution in [0.3, 0.4) is 0 Å². The number of thiocarbonyl (C=S) groups is 1. The highest BCUT2D eigenvalue weighted by molar-refractivity contribution is 7.80. The summed E-state index contributed by atoms with van der Waals surface area (Å²) < 4.78 is 5.41. The molecule has 1 aliphatic rings. The molecule has 2 N–H and O–H groups in total. The number of ether oxygens (including phenoxy) is 1. The van der Waals surface area contributed by atoms with E-state index in [1.807, 2.05) is 6.92 Å². The fraction of sp³-hybridized carbons (Fsp3) is 0.684. The zero-order valence-electron chi connectivity index (χ0n) is 16.4. The summed E-state index contributed by atoms with van der Waals surface area (Å²) in [7, 11) is 0. The largest absolute Gasteiger partial charge is 0.379 e. The van der Waals surface area contributed by atoms with Crippen molar-refractivity contribution in [3.05, 3.63) is 22.4 Å². The average Bonchev–Trinajstić information content (AvgIpc) is 3.19. The molecule has 1 aromatic rings. The summed E-state index contributed by atoms with van der Waals surface area (Å²) >= 11 is 7.32. The molecule has 0 bridgehead atoms. The molecule has 1 saturated heterocycles. The van der Waals surface area contributed by atoms with E-state index in [2.05, 4.69) is 44.9 Å². The van der Waals surface area contributed by atoms with E-state index in [9.17, 15) is 4.79 Å². The van der Waals surface area contributed by atoms with Crippen molar-refractivity contribution in [2.45, 2.75) is 39.3 Å². The van der Waals surface area contributed by atoms with Crippen LogP contribution in [0, 0.1) is 0 Å². The highest BCUT2D eigenvalue weighted by Gasteiger charge is 2.15. The van der Waals surface area contributed by atoms with Crippen molar-refractivity contribution in [1.29, 1.82) is 0 Å². The lowest BCUT2D eigenvalue weighted by Crippen LogP contribution is -2.46. The lowest BCUT2D eigenvalue weighted by atomic mass is 10.2. The molecule has 27 heavy (non-hydrogen) atoms. The molecule has 1 aromatic heterocycles. The number of nitrogens with one attached hydrogen (secondary N) is 2. The van der Waals surface area contributed by atoms with Gasteiger partial charge < -0.3 is 20.3 Å². The van der Waals surface area contributed by atoms with Gasteiger partial charge in [0.1, 0.15) is 0 Å². The third-order valence-electron chi connectivity index (χ3n) is 4.64. The number of carbonyl (C=O) groups is 1. The van der Waals surface area contributed by atoms with E-state index in [4.69, 9.17) is 17.0 Å². The minimum Gasteiger partial charge on any atom is -0.379 e. The van der Waals surface area contributed by atoms with Gasteiger partial charge in [-0.3, -0.25) is 9.69 Å². The van der Waals surface area contributed by atoms with Gasteiger partial charge in [0.2, 0.25) is 5.91 Å². The van der Waals surface area contributed by atoms with Crippen LogP contribution in [0.2, 0.25) is 0 Å². The first-order valence-corrected chi connectivity index (χ1v) is 11.0. The maximum absolute atomic E-state index is 12.0. The summed E-state index contributed by atoms with van der Waals surface area (Å²) in [5.41, 5.74) is 0. The summed E-state index contributed by atoms with van der Waals surface area (Å²) in [5, 5.41) is 8.81. The van der Waals surface area contributed by atoms with Crippen LogP contribution in [0.4, 0.5) is 0 Å². The topological polar surface area (TPSA) is 56.8 Å². The molecular weight excluding hydrogens is 380 g/mol. The first-order valence-electron chi connectivity index (χ1n) is 9.73. The number of amides is 1. The first-order chi connectivity index (χ1) is 13.1. The Kier molecular flexibility index (Phi) is 10.0. The molecule has 0 aliphatic carbocycles. The van der Waals surface area contributed by atoms with Crippen molar-refractivity contribution in [2.24, 2.45) is 0 Å².